The molecule has 0 aliphatic heterocycles. The fourth-order valence-electron chi connectivity index (χ4n) is 3.59. The molecule has 3 N–H and O–H groups in total. The van der Waals surface area contributed by atoms with Gasteiger partial charge < -0.3 is 15.4 Å². The molecule has 1 aliphatic carbocycles. The highest BCUT2D eigenvalue weighted by Gasteiger charge is 2.31. The maximum absolute atomic E-state index is 12.1. The Labute approximate surface area is 137 Å². The molecule has 4 nitrogen and oxygen atoms in total. The molecule has 0 unspecified atom stereocenters. The number of amides is 1. The maximum atomic E-state index is 12.1. The molecule has 1 aromatic heterocycles. The summed E-state index contributed by atoms with van der Waals surface area (Å²) in [5.74, 6) is -0.0370. The number of aliphatic hydroxyl groups is 1. The van der Waals surface area contributed by atoms with Crippen molar-refractivity contribution in [1.82, 2.24) is 10.3 Å². The Bertz CT molecular complexity index is 684. The molecule has 0 spiro atoms. The lowest BCUT2D eigenvalue weighted by Gasteiger charge is -2.31. The molecular formula is C19H26N2O2. The van der Waals surface area contributed by atoms with E-state index in [1.807, 2.05) is 6.20 Å². The lowest BCUT2D eigenvalue weighted by atomic mass is 9.82. The number of benzene rings is 1. The number of carbonyl (C=O) groups is 1. The van der Waals surface area contributed by atoms with E-state index in [0.717, 1.165) is 37.6 Å². The first kappa shape index (κ1) is 16.1. The van der Waals surface area contributed by atoms with Crippen LogP contribution in [-0.4, -0.2) is 28.1 Å². The SMILES string of the molecule is Cc1ccc2c(CCNC(=O)CC3(O)CCCCC3)c[nH]c2c1. The van der Waals surface area contributed by atoms with Crippen LogP contribution >= 0.6 is 0 Å². The zero-order chi connectivity index (χ0) is 16.3. The number of hydrogen-bond acceptors (Lipinski definition) is 2. The van der Waals surface area contributed by atoms with Crippen molar-refractivity contribution in [3.05, 3.63) is 35.5 Å². The molecule has 3 rings (SSSR count). The van der Waals surface area contributed by atoms with Gasteiger partial charge in [-0.05, 0) is 43.4 Å². The van der Waals surface area contributed by atoms with Gasteiger partial charge in [0.2, 0.25) is 5.91 Å². The number of aryl methyl sites for hydroxylation is 1. The average Bonchev–Trinajstić information content (AvgIpc) is 2.89. The van der Waals surface area contributed by atoms with E-state index in [4.69, 9.17) is 0 Å². The van der Waals surface area contributed by atoms with Gasteiger partial charge in [-0.2, -0.15) is 0 Å². The van der Waals surface area contributed by atoms with Crippen molar-refractivity contribution in [2.45, 2.75) is 57.5 Å². The van der Waals surface area contributed by atoms with Gasteiger partial charge in [-0.1, -0.05) is 31.4 Å². The Morgan fingerprint density at radius 2 is 2.09 bits per heavy atom. The van der Waals surface area contributed by atoms with E-state index in [9.17, 15) is 9.90 Å². The number of hydrogen-bond donors (Lipinski definition) is 3. The minimum atomic E-state index is -0.777. The molecule has 4 heteroatoms. The molecule has 23 heavy (non-hydrogen) atoms. The molecule has 1 aromatic carbocycles. The van der Waals surface area contributed by atoms with Crippen molar-refractivity contribution < 1.29 is 9.90 Å². The van der Waals surface area contributed by atoms with Gasteiger partial charge in [0.1, 0.15) is 0 Å². The summed E-state index contributed by atoms with van der Waals surface area (Å²) in [5, 5.41) is 14.6. The number of aromatic nitrogens is 1. The molecule has 2 aromatic rings. The fourth-order valence-corrected chi connectivity index (χ4v) is 3.59. The highest BCUT2D eigenvalue weighted by molar-refractivity contribution is 5.84. The molecule has 0 saturated heterocycles. The molecular weight excluding hydrogens is 288 g/mol. The van der Waals surface area contributed by atoms with Crippen LogP contribution in [0.4, 0.5) is 0 Å². The second kappa shape index (κ2) is 6.75. The number of fused-ring (bicyclic) bond motifs is 1. The first-order valence-corrected chi connectivity index (χ1v) is 8.61. The molecule has 0 atom stereocenters. The number of rotatable bonds is 5. The van der Waals surface area contributed by atoms with Crippen molar-refractivity contribution in [2.75, 3.05) is 6.54 Å². The van der Waals surface area contributed by atoms with Gasteiger partial charge in [0, 0.05) is 23.6 Å². The predicted molar refractivity (Wildman–Crippen MR) is 92.4 cm³/mol. The Morgan fingerprint density at radius 3 is 2.87 bits per heavy atom. The number of nitrogens with one attached hydrogen (secondary N) is 2. The second-order valence-corrected chi connectivity index (χ2v) is 6.92. The summed E-state index contributed by atoms with van der Waals surface area (Å²) in [7, 11) is 0. The van der Waals surface area contributed by atoms with Gasteiger partial charge in [0.15, 0.2) is 0 Å². The Morgan fingerprint density at radius 1 is 1.30 bits per heavy atom. The maximum Gasteiger partial charge on any atom is 0.222 e. The monoisotopic (exact) mass is 314 g/mol. The lowest BCUT2D eigenvalue weighted by molar-refractivity contribution is -0.127. The van der Waals surface area contributed by atoms with Crippen molar-refractivity contribution in [1.29, 1.82) is 0 Å². The third kappa shape index (κ3) is 3.94. The van der Waals surface area contributed by atoms with Crippen LogP contribution in [0.3, 0.4) is 0 Å². The van der Waals surface area contributed by atoms with Gasteiger partial charge in [-0.25, -0.2) is 0 Å². The number of aromatic amines is 1. The van der Waals surface area contributed by atoms with Crippen LogP contribution in [0.1, 0.15) is 49.7 Å². The van der Waals surface area contributed by atoms with Crippen molar-refractivity contribution >= 4 is 16.8 Å². The lowest BCUT2D eigenvalue weighted by Crippen LogP contribution is -2.38. The van der Waals surface area contributed by atoms with Gasteiger partial charge in [-0.15, -0.1) is 0 Å². The fraction of sp³-hybridized carbons (Fsp3) is 0.526. The van der Waals surface area contributed by atoms with E-state index in [1.54, 1.807) is 0 Å². The van der Waals surface area contributed by atoms with E-state index in [0.29, 0.717) is 6.54 Å². The Balaban J connectivity index is 1.51. The third-order valence-electron chi connectivity index (χ3n) is 4.91. The smallest absolute Gasteiger partial charge is 0.222 e. The van der Waals surface area contributed by atoms with Crippen LogP contribution in [0.25, 0.3) is 10.9 Å². The zero-order valence-corrected chi connectivity index (χ0v) is 13.8. The predicted octanol–water partition coefficient (Wildman–Crippen LogP) is 3.22. The minimum Gasteiger partial charge on any atom is -0.389 e. The summed E-state index contributed by atoms with van der Waals surface area (Å²) in [6.45, 7) is 2.69. The average molecular weight is 314 g/mol. The van der Waals surface area contributed by atoms with Crippen molar-refractivity contribution in [3.8, 4) is 0 Å². The van der Waals surface area contributed by atoms with Gasteiger partial charge >= 0.3 is 0 Å². The summed E-state index contributed by atoms with van der Waals surface area (Å²) < 4.78 is 0. The first-order chi connectivity index (χ1) is 11.1. The Kier molecular flexibility index (Phi) is 4.71. The van der Waals surface area contributed by atoms with E-state index in [1.165, 1.54) is 22.9 Å². The van der Waals surface area contributed by atoms with Crippen LogP contribution in [0.2, 0.25) is 0 Å². The number of H-pyrrole nitrogens is 1. The standard InChI is InChI=1S/C19H26N2O2/c1-14-5-6-16-15(13-21-17(16)11-14)7-10-20-18(22)12-19(23)8-3-2-4-9-19/h5-6,11,13,21,23H,2-4,7-10,12H2,1H3,(H,20,22). The quantitative estimate of drug-likeness (QED) is 0.793. The van der Waals surface area contributed by atoms with Crippen LogP contribution < -0.4 is 5.32 Å². The van der Waals surface area contributed by atoms with Crippen LogP contribution in [0.15, 0.2) is 24.4 Å². The summed E-state index contributed by atoms with van der Waals surface area (Å²) in [5.41, 5.74) is 2.82. The first-order valence-electron chi connectivity index (χ1n) is 8.61. The molecule has 1 heterocycles. The topological polar surface area (TPSA) is 65.1 Å². The van der Waals surface area contributed by atoms with E-state index >= 15 is 0 Å². The van der Waals surface area contributed by atoms with Crippen molar-refractivity contribution in [2.24, 2.45) is 0 Å². The zero-order valence-electron chi connectivity index (χ0n) is 13.8. The normalized spacial score (nSPS) is 17.3. The highest BCUT2D eigenvalue weighted by Crippen LogP contribution is 2.30. The largest absolute Gasteiger partial charge is 0.389 e. The van der Waals surface area contributed by atoms with Crippen LogP contribution in [-0.2, 0) is 11.2 Å². The van der Waals surface area contributed by atoms with E-state index in [-0.39, 0.29) is 12.3 Å². The van der Waals surface area contributed by atoms with Gasteiger partial charge in [0.05, 0.1) is 12.0 Å². The summed E-state index contributed by atoms with van der Waals surface area (Å²) in [4.78, 5) is 15.4. The molecule has 0 bridgehead atoms. The summed E-state index contributed by atoms with van der Waals surface area (Å²) in [6, 6.07) is 6.37. The molecule has 1 amide bonds. The van der Waals surface area contributed by atoms with Gasteiger partial charge in [0.25, 0.3) is 0 Å². The molecule has 1 saturated carbocycles. The van der Waals surface area contributed by atoms with Crippen LogP contribution in [0.5, 0.6) is 0 Å². The Hall–Kier alpha value is -1.81. The summed E-state index contributed by atoms with van der Waals surface area (Å²) in [6.07, 6.45) is 7.78. The second-order valence-electron chi connectivity index (χ2n) is 6.92. The summed E-state index contributed by atoms with van der Waals surface area (Å²) >= 11 is 0. The third-order valence-corrected chi connectivity index (χ3v) is 4.91. The van der Waals surface area contributed by atoms with Crippen LogP contribution in [0, 0.1) is 6.92 Å². The molecule has 1 aliphatic rings. The molecule has 1 fully saturated rings. The number of carbonyl (C=O) groups excluding carboxylic acids is 1. The van der Waals surface area contributed by atoms with Crippen molar-refractivity contribution in [3.63, 3.8) is 0 Å². The molecule has 124 valence electrons. The molecule has 0 radical (unpaired) electrons. The highest BCUT2D eigenvalue weighted by atomic mass is 16.3. The van der Waals surface area contributed by atoms with Gasteiger partial charge in [-0.3, -0.25) is 4.79 Å². The van der Waals surface area contributed by atoms with E-state index in [2.05, 4.69) is 35.4 Å². The minimum absolute atomic E-state index is 0.0370. The van der Waals surface area contributed by atoms with E-state index < -0.39 is 5.60 Å².